The van der Waals surface area contributed by atoms with Crippen LogP contribution in [0.15, 0.2) is 77.6 Å². The molecule has 0 saturated heterocycles. The van der Waals surface area contributed by atoms with E-state index in [1.54, 1.807) is 47.0 Å². The lowest BCUT2D eigenvalue weighted by Crippen LogP contribution is -2.29. The standard InChI is InChI=1S/C27H22ClN3O6/c1-29-24(33)16-8-10-17(11-9-16)25(34)30-15-21-23(32)20-13-12-18(28)14-22(20)31(19-6-4-3-5-7-19)26(21)37-27(35)36-2/h3-14H,15H2,1-2H3,(H,29,33)(H,30,34). The van der Waals surface area contributed by atoms with Gasteiger partial charge >= 0.3 is 6.16 Å². The van der Waals surface area contributed by atoms with Crippen LogP contribution in [0, 0.1) is 0 Å². The van der Waals surface area contributed by atoms with E-state index in [0.29, 0.717) is 27.2 Å². The van der Waals surface area contributed by atoms with E-state index in [-0.39, 0.29) is 29.5 Å². The number of para-hydroxylation sites is 1. The summed E-state index contributed by atoms with van der Waals surface area (Å²) in [4.78, 5) is 50.4. The van der Waals surface area contributed by atoms with E-state index < -0.39 is 17.5 Å². The van der Waals surface area contributed by atoms with Gasteiger partial charge in [0.15, 0.2) is 5.43 Å². The van der Waals surface area contributed by atoms with Gasteiger partial charge in [0.2, 0.25) is 5.88 Å². The zero-order valence-corrected chi connectivity index (χ0v) is 20.7. The molecule has 2 amide bonds. The fourth-order valence-electron chi connectivity index (χ4n) is 3.79. The predicted octanol–water partition coefficient (Wildman–Crippen LogP) is 4.08. The van der Waals surface area contributed by atoms with Gasteiger partial charge in [-0.05, 0) is 54.6 Å². The van der Waals surface area contributed by atoms with Crippen molar-refractivity contribution in [2.75, 3.05) is 14.2 Å². The molecule has 10 heteroatoms. The number of halogens is 1. The minimum absolute atomic E-state index is 0.0272. The number of rotatable bonds is 6. The van der Waals surface area contributed by atoms with Gasteiger partial charge in [-0.25, -0.2) is 4.79 Å². The second kappa shape index (κ2) is 11.0. The Bertz CT molecular complexity index is 1550. The Hall–Kier alpha value is -4.63. The molecule has 9 nitrogen and oxygen atoms in total. The number of carbonyl (C=O) groups is 3. The first-order chi connectivity index (χ1) is 17.8. The number of hydrogen-bond donors (Lipinski definition) is 2. The minimum atomic E-state index is -1.04. The van der Waals surface area contributed by atoms with E-state index in [9.17, 15) is 19.2 Å². The summed E-state index contributed by atoms with van der Waals surface area (Å²) >= 11 is 6.24. The van der Waals surface area contributed by atoms with Gasteiger partial charge in [0.25, 0.3) is 11.8 Å². The third kappa shape index (κ3) is 5.31. The first-order valence-electron chi connectivity index (χ1n) is 11.1. The summed E-state index contributed by atoms with van der Waals surface area (Å²) < 4.78 is 11.7. The quantitative estimate of drug-likeness (QED) is 0.371. The molecule has 0 saturated carbocycles. The lowest BCUT2D eigenvalue weighted by atomic mass is 10.1. The molecule has 37 heavy (non-hydrogen) atoms. The van der Waals surface area contributed by atoms with Crippen molar-refractivity contribution in [2.45, 2.75) is 6.54 Å². The smallest absolute Gasteiger partial charge is 0.437 e. The Morgan fingerprint density at radius 3 is 2.19 bits per heavy atom. The summed E-state index contributed by atoms with van der Waals surface area (Å²) in [6, 6.07) is 19.7. The average Bonchev–Trinajstić information content (AvgIpc) is 2.92. The largest absolute Gasteiger partial charge is 0.514 e. The van der Waals surface area contributed by atoms with Crippen LogP contribution < -0.4 is 20.8 Å². The normalized spacial score (nSPS) is 10.6. The number of nitrogens with zero attached hydrogens (tertiary/aromatic N) is 1. The third-order valence-electron chi connectivity index (χ3n) is 5.60. The Morgan fingerprint density at radius 1 is 0.919 bits per heavy atom. The summed E-state index contributed by atoms with van der Waals surface area (Å²) in [6.45, 7) is -0.257. The van der Waals surface area contributed by atoms with Crippen molar-refractivity contribution >= 4 is 40.5 Å². The van der Waals surface area contributed by atoms with Crippen LogP contribution in [0.4, 0.5) is 4.79 Å². The highest BCUT2D eigenvalue weighted by Gasteiger charge is 2.23. The van der Waals surface area contributed by atoms with Crippen molar-refractivity contribution in [3.8, 4) is 11.6 Å². The predicted molar refractivity (Wildman–Crippen MR) is 139 cm³/mol. The second-order valence-corrected chi connectivity index (χ2v) is 8.28. The monoisotopic (exact) mass is 519 g/mol. The molecular weight excluding hydrogens is 498 g/mol. The Balaban J connectivity index is 1.81. The molecule has 4 aromatic rings. The van der Waals surface area contributed by atoms with E-state index >= 15 is 0 Å². The maximum absolute atomic E-state index is 13.5. The van der Waals surface area contributed by atoms with E-state index in [1.165, 1.54) is 31.3 Å². The fraction of sp³-hybridized carbons (Fsp3) is 0.111. The molecule has 0 unspecified atom stereocenters. The van der Waals surface area contributed by atoms with E-state index in [4.69, 9.17) is 16.3 Å². The topological polar surface area (TPSA) is 116 Å². The van der Waals surface area contributed by atoms with E-state index in [2.05, 4.69) is 15.4 Å². The lowest BCUT2D eigenvalue weighted by molar-refractivity contribution is 0.0943. The number of amides is 2. The molecule has 0 fully saturated rings. The van der Waals surface area contributed by atoms with Crippen molar-refractivity contribution in [1.82, 2.24) is 15.2 Å². The molecule has 1 aromatic heterocycles. The number of fused-ring (bicyclic) bond motifs is 1. The van der Waals surface area contributed by atoms with Gasteiger partial charge in [-0.3, -0.25) is 19.0 Å². The van der Waals surface area contributed by atoms with Gasteiger partial charge < -0.3 is 20.1 Å². The number of pyridine rings is 1. The van der Waals surface area contributed by atoms with E-state index in [1.807, 2.05) is 6.07 Å². The molecule has 1 heterocycles. The van der Waals surface area contributed by atoms with Crippen molar-refractivity contribution in [3.05, 3.63) is 105 Å². The summed E-state index contributed by atoms with van der Waals surface area (Å²) in [5, 5.41) is 5.89. The zero-order chi connectivity index (χ0) is 26.5. The van der Waals surface area contributed by atoms with Crippen LogP contribution in [-0.2, 0) is 11.3 Å². The molecule has 2 N–H and O–H groups in total. The van der Waals surface area contributed by atoms with Crippen LogP contribution >= 0.6 is 11.6 Å². The first kappa shape index (κ1) is 25.5. The number of carbonyl (C=O) groups excluding carboxylic acids is 3. The molecule has 0 radical (unpaired) electrons. The van der Waals surface area contributed by atoms with Crippen LogP contribution in [0.3, 0.4) is 0 Å². The van der Waals surface area contributed by atoms with Gasteiger partial charge in [0, 0.05) is 34.3 Å². The van der Waals surface area contributed by atoms with Gasteiger partial charge in [-0.15, -0.1) is 0 Å². The maximum atomic E-state index is 13.5. The van der Waals surface area contributed by atoms with Crippen LogP contribution in [0.5, 0.6) is 5.88 Å². The van der Waals surface area contributed by atoms with Gasteiger partial charge in [-0.1, -0.05) is 29.8 Å². The van der Waals surface area contributed by atoms with Crippen molar-refractivity contribution < 1.29 is 23.9 Å². The van der Waals surface area contributed by atoms with Gasteiger partial charge in [0.05, 0.1) is 24.7 Å². The molecule has 0 aliphatic rings. The second-order valence-electron chi connectivity index (χ2n) is 7.84. The SMILES string of the molecule is CNC(=O)c1ccc(C(=O)NCc2c(OC(=O)OC)n(-c3ccccc3)c3cc(Cl)ccc3c2=O)cc1. The first-order valence-corrected chi connectivity index (χ1v) is 11.5. The molecule has 4 rings (SSSR count). The number of methoxy groups -OCH3 is 1. The molecular formula is C27H22ClN3O6. The molecule has 0 aliphatic carbocycles. The number of nitrogens with one attached hydrogen (secondary N) is 2. The molecule has 0 atom stereocenters. The highest BCUT2D eigenvalue weighted by molar-refractivity contribution is 6.31. The molecule has 188 valence electrons. The fourth-order valence-corrected chi connectivity index (χ4v) is 3.96. The Labute approximate surface area is 216 Å². The Morgan fingerprint density at radius 2 is 1.57 bits per heavy atom. The number of benzene rings is 3. The van der Waals surface area contributed by atoms with Gasteiger partial charge in [-0.2, -0.15) is 0 Å². The lowest BCUT2D eigenvalue weighted by Gasteiger charge is -2.20. The molecule has 0 spiro atoms. The molecule has 0 bridgehead atoms. The van der Waals surface area contributed by atoms with Crippen molar-refractivity contribution in [2.24, 2.45) is 0 Å². The summed E-state index contributed by atoms with van der Waals surface area (Å²) in [6.07, 6.45) is -1.04. The van der Waals surface area contributed by atoms with E-state index in [0.717, 1.165) is 7.11 Å². The van der Waals surface area contributed by atoms with Crippen LogP contribution in [0.25, 0.3) is 16.6 Å². The minimum Gasteiger partial charge on any atom is -0.437 e. The van der Waals surface area contributed by atoms with Crippen LogP contribution in [0.1, 0.15) is 26.3 Å². The molecule has 0 aliphatic heterocycles. The number of hydrogen-bond acceptors (Lipinski definition) is 6. The van der Waals surface area contributed by atoms with Gasteiger partial charge in [0.1, 0.15) is 0 Å². The van der Waals surface area contributed by atoms with Crippen LogP contribution in [-0.4, -0.2) is 36.7 Å². The molecule has 3 aromatic carbocycles. The van der Waals surface area contributed by atoms with Crippen molar-refractivity contribution in [1.29, 1.82) is 0 Å². The third-order valence-corrected chi connectivity index (χ3v) is 5.84. The van der Waals surface area contributed by atoms with Crippen molar-refractivity contribution in [3.63, 3.8) is 0 Å². The summed E-state index contributed by atoms with van der Waals surface area (Å²) in [5.41, 5.74) is 1.24. The Kier molecular flexibility index (Phi) is 7.55. The maximum Gasteiger partial charge on any atom is 0.514 e. The average molecular weight is 520 g/mol. The highest BCUT2D eigenvalue weighted by atomic mass is 35.5. The summed E-state index contributed by atoms with van der Waals surface area (Å²) in [5.74, 6) is -0.892. The number of ether oxygens (including phenoxy) is 2. The van der Waals surface area contributed by atoms with Crippen LogP contribution in [0.2, 0.25) is 5.02 Å². The summed E-state index contributed by atoms with van der Waals surface area (Å²) in [7, 11) is 2.66. The number of aromatic nitrogens is 1. The zero-order valence-electron chi connectivity index (χ0n) is 19.9. The highest BCUT2D eigenvalue weighted by Crippen LogP contribution is 2.29.